The number of carbonyl (C=O) groups excluding carboxylic acids is 1. The van der Waals surface area contributed by atoms with Crippen molar-refractivity contribution in [2.75, 3.05) is 6.61 Å². The van der Waals surface area contributed by atoms with Crippen LogP contribution in [0.15, 0.2) is 36.5 Å². The second-order valence-electron chi connectivity index (χ2n) is 8.72. The molecule has 6 atom stereocenters. The number of aliphatic hydroxyl groups excluding tert-OH is 1. The molecule has 0 bridgehead atoms. The third kappa shape index (κ3) is 7.33. The van der Waals surface area contributed by atoms with Gasteiger partial charge in [0.1, 0.15) is 34.6 Å². The van der Waals surface area contributed by atoms with Crippen molar-refractivity contribution in [2.24, 2.45) is 5.92 Å². The molecule has 1 aromatic heterocycles. The number of aliphatic hydroxyl groups is 1. The molecule has 1 aliphatic heterocycles. The van der Waals surface area contributed by atoms with Gasteiger partial charge in [-0.05, 0) is 52.0 Å². The summed E-state index contributed by atoms with van der Waals surface area (Å²) in [5.41, 5.74) is 0.699. The summed E-state index contributed by atoms with van der Waals surface area (Å²) in [6, 6.07) is 9.25. The number of hydrogen-bond acceptors (Lipinski definition) is 10. The van der Waals surface area contributed by atoms with E-state index >= 15 is 0 Å². The van der Waals surface area contributed by atoms with E-state index in [-0.39, 0.29) is 16.6 Å². The molecule has 11 nitrogen and oxygen atoms in total. The van der Waals surface area contributed by atoms with Gasteiger partial charge in [-0.15, -0.1) is 0 Å². The Morgan fingerprint density at radius 2 is 2.00 bits per heavy atom. The van der Waals surface area contributed by atoms with E-state index < -0.39 is 50.7 Å². The van der Waals surface area contributed by atoms with Gasteiger partial charge in [0, 0.05) is 11.8 Å². The van der Waals surface area contributed by atoms with Crippen LogP contribution in [0, 0.1) is 33.6 Å². The van der Waals surface area contributed by atoms with Crippen LogP contribution in [0.25, 0.3) is 0 Å². The fourth-order valence-corrected chi connectivity index (χ4v) is 5.52. The van der Waals surface area contributed by atoms with Crippen LogP contribution < -0.4 is 9.61 Å². The zero-order chi connectivity index (χ0) is 27.3. The Hall–Kier alpha value is -2.43. The minimum absolute atomic E-state index is 0.215. The van der Waals surface area contributed by atoms with Gasteiger partial charge in [0.05, 0.1) is 18.8 Å². The first-order chi connectivity index (χ1) is 17.4. The van der Waals surface area contributed by atoms with Crippen LogP contribution in [-0.2, 0) is 23.4 Å². The Morgan fingerprint density at radius 3 is 2.62 bits per heavy atom. The number of nitriles is 1. The first-order valence-corrected chi connectivity index (χ1v) is 13.8. The van der Waals surface area contributed by atoms with Crippen LogP contribution in [0.3, 0.4) is 0 Å². The Balaban J connectivity index is 1.81. The van der Waals surface area contributed by atoms with Crippen LogP contribution in [0.5, 0.6) is 5.75 Å². The zero-order valence-electron chi connectivity index (χ0n) is 20.7. The Kier molecular flexibility index (Phi) is 9.77. The number of para-hydroxylation sites is 1. The van der Waals surface area contributed by atoms with E-state index in [0.29, 0.717) is 10.2 Å². The average Bonchev–Trinajstić information content (AvgIpc) is 3.15. The number of nitrogens with one attached hydrogen (secondary N) is 2. The molecule has 37 heavy (non-hydrogen) atoms. The molecule has 0 saturated carbocycles. The fourth-order valence-electron chi connectivity index (χ4n) is 3.54. The minimum atomic E-state index is -4.19. The normalized spacial score (nSPS) is 23.7. The number of benzene rings is 1. The summed E-state index contributed by atoms with van der Waals surface area (Å²) < 4.78 is 38.2. The maximum Gasteiger partial charge on any atom is 0.459 e. The predicted molar refractivity (Wildman–Crippen MR) is 139 cm³/mol. The quantitative estimate of drug-likeness (QED) is 0.216. The molecule has 2 heterocycles. The average molecular weight is 569 g/mol. The lowest BCUT2D eigenvalue weighted by molar-refractivity contribution is -0.149. The first-order valence-electron chi connectivity index (χ1n) is 11.5. The lowest BCUT2D eigenvalue weighted by Gasteiger charge is -2.25. The third-order valence-electron chi connectivity index (χ3n) is 5.37. The molecule has 200 valence electrons. The van der Waals surface area contributed by atoms with E-state index in [4.69, 9.17) is 43.0 Å². The maximum atomic E-state index is 13.7. The molecular weight excluding hydrogens is 539 g/mol. The number of ether oxygens (including phenoxy) is 2. The molecule has 1 unspecified atom stereocenters. The van der Waals surface area contributed by atoms with E-state index in [9.17, 15) is 19.7 Å². The van der Waals surface area contributed by atoms with E-state index in [2.05, 4.69) is 10.1 Å². The van der Waals surface area contributed by atoms with Gasteiger partial charge < -0.3 is 24.1 Å². The summed E-state index contributed by atoms with van der Waals surface area (Å²) in [6.07, 6.45) is -2.05. The highest BCUT2D eigenvalue weighted by atomic mass is 32.1. The number of carbonyl (C=O) groups is 1. The molecule has 1 fully saturated rings. The molecule has 0 spiro atoms. The van der Waals surface area contributed by atoms with Crippen LogP contribution in [-0.4, -0.2) is 51.6 Å². The van der Waals surface area contributed by atoms with Crippen molar-refractivity contribution in [3.05, 3.63) is 51.5 Å². The SMILES string of the molecule is Cc1cn([C@H]2O[C@@H](CO[P@](=O)(N[C@@H](C)C(=O)OC(C)C)Oc3ccccc3)C(O)[C@H]2C#N)c(=S)[nH]c1=S. The molecule has 0 radical (unpaired) electrons. The van der Waals surface area contributed by atoms with Gasteiger partial charge in [-0.25, -0.2) is 4.57 Å². The summed E-state index contributed by atoms with van der Waals surface area (Å²) in [5.74, 6) is -1.43. The van der Waals surface area contributed by atoms with Gasteiger partial charge in [-0.1, -0.05) is 30.4 Å². The van der Waals surface area contributed by atoms with Gasteiger partial charge in [0.15, 0.2) is 11.0 Å². The fraction of sp³-hybridized carbons (Fsp3) is 0.478. The molecule has 3 rings (SSSR count). The number of esters is 1. The monoisotopic (exact) mass is 568 g/mol. The molecule has 2 aromatic rings. The first kappa shape index (κ1) is 29.1. The lowest BCUT2D eigenvalue weighted by atomic mass is 10.0. The van der Waals surface area contributed by atoms with E-state index in [1.807, 2.05) is 6.07 Å². The number of rotatable bonds is 10. The largest absolute Gasteiger partial charge is 0.462 e. The second-order valence-corrected chi connectivity index (χ2v) is 11.2. The van der Waals surface area contributed by atoms with Gasteiger partial charge >= 0.3 is 13.7 Å². The van der Waals surface area contributed by atoms with Gasteiger partial charge in [-0.2, -0.15) is 10.3 Å². The molecule has 0 aliphatic carbocycles. The topological polar surface area (TPSA) is 148 Å². The van der Waals surface area contributed by atoms with Crippen molar-refractivity contribution in [1.29, 1.82) is 5.26 Å². The summed E-state index contributed by atoms with van der Waals surface area (Å²) in [6.45, 7) is 6.19. The molecular formula is C23H29N4O7PS2. The number of aromatic nitrogens is 2. The van der Waals surface area contributed by atoms with Crippen molar-refractivity contribution in [2.45, 2.75) is 58.3 Å². The lowest BCUT2D eigenvalue weighted by Crippen LogP contribution is -2.37. The molecule has 1 aliphatic rings. The Bertz CT molecular complexity index is 1310. The van der Waals surface area contributed by atoms with Gasteiger partial charge in [0.25, 0.3) is 0 Å². The third-order valence-corrected chi connectivity index (χ3v) is 7.75. The van der Waals surface area contributed by atoms with Crippen molar-refractivity contribution in [3.8, 4) is 11.8 Å². The van der Waals surface area contributed by atoms with Crippen molar-refractivity contribution < 1.29 is 33.0 Å². The predicted octanol–water partition coefficient (Wildman–Crippen LogP) is 4.12. The molecule has 1 saturated heterocycles. The highest BCUT2D eigenvalue weighted by Crippen LogP contribution is 2.46. The number of nitrogens with zero attached hydrogens (tertiary/aromatic N) is 2. The van der Waals surface area contributed by atoms with Crippen LogP contribution >= 0.6 is 32.2 Å². The highest BCUT2D eigenvalue weighted by molar-refractivity contribution is 7.72. The number of H-pyrrole nitrogens is 1. The van der Waals surface area contributed by atoms with Crippen LogP contribution in [0.1, 0.15) is 32.6 Å². The smallest absolute Gasteiger partial charge is 0.459 e. The van der Waals surface area contributed by atoms with Gasteiger partial charge in [-0.3, -0.25) is 13.9 Å². The number of aromatic amines is 1. The van der Waals surface area contributed by atoms with Gasteiger partial charge in [0.2, 0.25) is 0 Å². The zero-order valence-corrected chi connectivity index (χ0v) is 23.2. The number of aryl methyl sites for hydroxylation is 1. The minimum Gasteiger partial charge on any atom is -0.462 e. The maximum absolute atomic E-state index is 13.7. The van der Waals surface area contributed by atoms with E-state index in [0.717, 1.165) is 0 Å². The van der Waals surface area contributed by atoms with E-state index in [1.54, 1.807) is 57.3 Å². The second kappa shape index (κ2) is 12.4. The molecule has 0 amide bonds. The number of hydrogen-bond donors (Lipinski definition) is 3. The Labute approximate surface area is 224 Å². The Morgan fingerprint density at radius 1 is 1.32 bits per heavy atom. The van der Waals surface area contributed by atoms with Crippen molar-refractivity contribution >= 4 is 38.2 Å². The molecule has 1 aromatic carbocycles. The highest BCUT2D eigenvalue weighted by Gasteiger charge is 2.46. The summed E-state index contributed by atoms with van der Waals surface area (Å²) in [4.78, 5) is 15.2. The van der Waals surface area contributed by atoms with Crippen LogP contribution in [0.4, 0.5) is 0 Å². The van der Waals surface area contributed by atoms with E-state index in [1.165, 1.54) is 11.5 Å². The molecule has 3 N–H and O–H groups in total. The van der Waals surface area contributed by atoms with Crippen molar-refractivity contribution in [3.63, 3.8) is 0 Å². The van der Waals surface area contributed by atoms with Crippen LogP contribution in [0.2, 0.25) is 0 Å². The summed E-state index contributed by atoms with van der Waals surface area (Å²) in [7, 11) is -4.19. The van der Waals surface area contributed by atoms with Crippen molar-refractivity contribution in [1.82, 2.24) is 14.6 Å². The summed E-state index contributed by atoms with van der Waals surface area (Å²) >= 11 is 10.5. The molecule has 14 heteroatoms. The standard InChI is InChI=1S/C23H29N4O7PS2/c1-13(2)32-22(29)15(4)26-35(30,34-16-8-6-5-7-9-16)31-12-18-19(28)17(10-24)21(33-18)27-11-14(3)20(36)25-23(27)37/h5-9,11,13,15,17-19,21,28H,12H2,1-4H3,(H,26,30)(H,25,36,37)/t15-,17+,18-,19?,21-,35+/m0/s1. The summed E-state index contributed by atoms with van der Waals surface area (Å²) in [5, 5.41) is 23.1.